The van der Waals surface area contributed by atoms with E-state index in [0.717, 1.165) is 19.0 Å². The molecule has 3 aliphatic rings. The Labute approximate surface area is 201 Å². The third-order valence-electron chi connectivity index (χ3n) is 7.45. The van der Waals surface area contributed by atoms with Crippen molar-refractivity contribution in [1.29, 1.82) is 0 Å². The Morgan fingerprint density at radius 2 is 1.76 bits per heavy atom. The highest BCUT2D eigenvalue weighted by molar-refractivity contribution is 7.10. The quantitative estimate of drug-likeness (QED) is 0.460. The Morgan fingerprint density at radius 1 is 1.12 bits per heavy atom. The van der Waals surface area contributed by atoms with Crippen LogP contribution >= 0.6 is 11.3 Å². The van der Waals surface area contributed by atoms with Crippen molar-refractivity contribution in [3.63, 3.8) is 0 Å². The first-order valence-corrected chi connectivity index (χ1v) is 13.3. The Bertz CT molecular complexity index is 847. The molecule has 33 heavy (non-hydrogen) atoms. The number of amides is 3. The van der Waals surface area contributed by atoms with Crippen molar-refractivity contribution in [1.82, 2.24) is 15.1 Å². The van der Waals surface area contributed by atoms with Gasteiger partial charge in [-0.25, -0.2) is 0 Å². The van der Waals surface area contributed by atoms with Crippen LogP contribution < -0.4 is 5.32 Å². The number of imide groups is 1. The highest BCUT2D eigenvalue weighted by Gasteiger charge is 2.51. The summed E-state index contributed by atoms with van der Waals surface area (Å²) in [5, 5.41) is 5.23. The molecule has 4 rings (SSSR count). The molecule has 0 spiro atoms. The smallest absolute Gasteiger partial charge is 0.243 e. The van der Waals surface area contributed by atoms with Crippen LogP contribution in [-0.4, -0.2) is 53.2 Å². The van der Waals surface area contributed by atoms with Crippen molar-refractivity contribution < 1.29 is 14.4 Å². The number of nitrogens with zero attached hydrogens (tertiary/aromatic N) is 2. The number of hydrogen-bond donors (Lipinski definition) is 1. The summed E-state index contributed by atoms with van der Waals surface area (Å²) >= 11 is 1.72. The van der Waals surface area contributed by atoms with Crippen LogP contribution in [-0.2, 0) is 14.4 Å². The van der Waals surface area contributed by atoms with E-state index < -0.39 is 6.04 Å². The molecule has 0 bridgehead atoms. The van der Waals surface area contributed by atoms with Gasteiger partial charge in [0.2, 0.25) is 17.7 Å². The van der Waals surface area contributed by atoms with Gasteiger partial charge in [0.25, 0.3) is 0 Å². The van der Waals surface area contributed by atoms with E-state index in [1.165, 1.54) is 22.6 Å². The number of likely N-dealkylation sites (tertiary alicyclic amines) is 2. The maximum atomic E-state index is 13.5. The number of piperidine rings is 1. The average molecular weight is 472 g/mol. The first kappa shape index (κ1) is 24.1. The molecule has 2 aliphatic heterocycles. The monoisotopic (exact) mass is 471 g/mol. The van der Waals surface area contributed by atoms with Gasteiger partial charge in [0.1, 0.15) is 6.04 Å². The van der Waals surface area contributed by atoms with Crippen LogP contribution in [0.3, 0.4) is 0 Å². The summed E-state index contributed by atoms with van der Waals surface area (Å²) in [6.07, 6.45) is 7.97. The first-order chi connectivity index (χ1) is 15.9. The van der Waals surface area contributed by atoms with Gasteiger partial charge in [0.05, 0.1) is 17.9 Å². The average Bonchev–Trinajstić information content (AvgIpc) is 3.41. The van der Waals surface area contributed by atoms with Crippen LogP contribution in [0.4, 0.5) is 0 Å². The molecule has 0 radical (unpaired) electrons. The number of nitrogens with one attached hydrogen (secondary N) is 1. The fraction of sp³-hybridized carbons (Fsp3) is 0.654. The van der Waals surface area contributed by atoms with Gasteiger partial charge in [-0.3, -0.25) is 24.2 Å². The van der Waals surface area contributed by atoms with Crippen molar-refractivity contribution in [2.24, 2.45) is 23.7 Å². The second-order valence-electron chi connectivity index (χ2n) is 10.3. The van der Waals surface area contributed by atoms with Crippen molar-refractivity contribution >= 4 is 29.1 Å². The molecular formula is C26H37N3O3S. The fourth-order valence-corrected chi connectivity index (χ4v) is 6.32. The van der Waals surface area contributed by atoms with E-state index in [-0.39, 0.29) is 41.5 Å². The van der Waals surface area contributed by atoms with Crippen molar-refractivity contribution in [2.45, 2.75) is 65.0 Å². The summed E-state index contributed by atoms with van der Waals surface area (Å²) in [5.41, 5.74) is 0. The number of hydrogen-bond acceptors (Lipinski definition) is 5. The van der Waals surface area contributed by atoms with Gasteiger partial charge in [0, 0.05) is 11.4 Å². The molecule has 4 unspecified atom stereocenters. The van der Waals surface area contributed by atoms with E-state index in [0.29, 0.717) is 25.8 Å². The summed E-state index contributed by atoms with van der Waals surface area (Å²) in [6.45, 7) is 8.90. The molecule has 6 nitrogen and oxygen atoms in total. The van der Waals surface area contributed by atoms with Crippen molar-refractivity contribution in [3.05, 3.63) is 34.5 Å². The minimum Gasteiger partial charge on any atom is -0.352 e. The predicted octanol–water partition coefficient (Wildman–Crippen LogP) is 4.00. The third kappa shape index (κ3) is 5.24. The second kappa shape index (κ2) is 10.5. The summed E-state index contributed by atoms with van der Waals surface area (Å²) in [5.74, 6) is -0.230. The van der Waals surface area contributed by atoms with Gasteiger partial charge in [-0.1, -0.05) is 39.0 Å². The number of carbonyl (C=O) groups is 3. The topological polar surface area (TPSA) is 69.7 Å². The maximum Gasteiger partial charge on any atom is 0.243 e. The molecule has 180 valence electrons. The number of allylic oxidation sites excluding steroid dienone is 2. The standard InChI is InChI=1S/C26H37N3O3S/c1-17(2)15-21(29-25(31)19-7-4-5-8-20(19)26(29)32)24(30)27-16-22(23-9-6-14-33-23)28-12-10-18(3)11-13-28/h4-6,9,14,17-22H,7-8,10-13,15-16H2,1-3H3,(H,27,30). The summed E-state index contributed by atoms with van der Waals surface area (Å²) in [7, 11) is 0. The Balaban J connectivity index is 1.48. The zero-order chi connectivity index (χ0) is 23.5. The zero-order valence-corrected chi connectivity index (χ0v) is 20.9. The van der Waals surface area contributed by atoms with E-state index in [4.69, 9.17) is 0 Å². The lowest BCUT2D eigenvalue weighted by molar-refractivity contribution is -0.148. The lowest BCUT2D eigenvalue weighted by Crippen LogP contribution is -2.52. The second-order valence-corrected chi connectivity index (χ2v) is 11.3. The van der Waals surface area contributed by atoms with Crippen LogP contribution in [0.2, 0.25) is 0 Å². The normalized spacial score (nSPS) is 26.0. The lowest BCUT2D eigenvalue weighted by Gasteiger charge is -2.37. The maximum absolute atomic E-state index is 13.5. The van der Waals surface area contributed by atoms with E-state index in [1.54, 1.807) is 11.3 Å². The highest BCUT2D eigenvalue weighted by Crippen LogP contribution is 2.37. The van der Waals surface area contributed by atoms with Gasteiger partial charge in [-0.15, -0.1) is 11.3 Å². The molecule has 4 atom stereocenters. The van der Waals surface area contributed by atoms with Crippen LogP contribution in [0.15, 0.2) is 29.7 Å². The minimum atomic E-state index is -0.735. The van der Waals surface area contributed by atoms with Gasteiger partial charge >= 0.3 is 0 Å². The number of carbonyl (C=O) groups excluding carboxylic acids is 3. The van der Waals surface area contributed by atoms with E-state index in [2.05, 4.69) is 34.7 Å². The molecule has 1 N–H and O–H groups in total. The predicted molar refractivity (Wildman–Crippen MR) is 130 cm³/mol. The molecule has 0 aromatic carbocycles. The number of fused-ring (bicyclic) bond motifs is 1. The highest BCUT2D eigenvalue weighted by atomic mass is 32.1. The van der Waals surface area contributed by atoms with Crippen LogP contribution in [0.25, 0.3) is 0 Å². The lowest BCUT2D eigenvalue weighted by atomic mass is 9.85. The third-order valence-corrected chi connectivity index (χ3v) is 8.42. The van der Waals surface area contributed by atoms with Gasteiger partial charge in [-0.05, 0) is 68.5 Å². The van der Waals surface area contributed by atoms with Gasteiger partial charge < -0.3 is 5.32 Å². The summed E-state index contributed by atoms with van der Waals surface area (Å²) in [4.78, 5) is 44.8. The first-order valence-electron chi connectivity index (χ1n) is 12.4. The molecule has 1 aliphatic carbocycles. The molecule has 0 saturated carbocycles. The van der Waals surface area contributed by atoms with Gasteiger partial charge in [0.15, 0.2) is 0 Å². The molecule has 3 heterocycles. The molecule has 1 aromatic rings. The molecule has 3 amide bonds. The molecule has 1 aromatic heterocycles. The van der Waals surface area contributed by atoms with E-state index in [9.17, 15) is 14.4 Å². The molecular weight excluding hydrogens is 434 g/mol. The van der Waals surface area contributed by atoms with Crippen LogP contribution in [0.5, 0.6) is 0 Å². The Hall–Kier alpha value is -1.99. The zero-order valence-electron chi connectivity index (χ0n) is 20.0. The van der Waals surface area contributed by atoms with E-state index >= 15 is 0 Å². The number of thiophene rings is 1. The molecule has 2 saturated heterocycles. The Morgan fingerprint density at radius 3 is 2.30 bits per heavy atom. The van der Waals surface area contributed by atoms with Gasteiger partial charge in [-0.2, -0.15) is 0 Å². The van der Waals surface area contributed by atoms with E-state index in [1.807, 2.05) is 26.0 Å². The van der Waals surface area contributed by atoms with Crippen LogP contribution in [0, 0.1) is 23.7 Å². The minimum absolute atomic E-state index is 0.123. The molecule has 2 fully saturated rings. The number of rotatable bonds is 8. The fourth-order valence-electron chi connectivity index (χ4n) is 5.46. The summed E-state index contributed by atoms with van der Waals surface area (Å²) in [6, 6.07) is 3.58. The SMILES string of the molecule is CC(C)CC(C(=O)NCC(c1cccs1)N1CCC(C)CC1)N1C(=O)C2CC=CCC2C1=O. The van der Waals surface area contributed by atoms with Crippen LogP contribution in [0.1, 0.15) is 63.8 Å². The summed E-state index contributed by atoms with van der Waals surface area (Å²) < 4.78 is 0. The largest absolute Gasteiger partial charge is 0.352 e. The molecule has 7 heteroatoms. The van der Waals surface area contributed by atoms with Crippen molar-refractivity contribution in [3.8, 4) is 0 Å². The van der Waals surface area contributed by atoms with Crippen molar-refractivity contribution in [2.75, 3.05) is 19.6 Å². The Kier molecular flexibility index (Phi) is 7.69.